The van der Waals surface area contributed by atoms with Gasteiger partial charge in [-0.3, -0.25) is 14.4 Å². The molecule has 3 N–H and O–H groups in total. The van der Waals surface area contributed by atoms with Crippen LogP contribution in [-0.4, -0.2) is 58.4 Å². The van der Waals surface area contributed by atoms with Crippen LogP contribution in [0.5, 0.6) is 28.7 Å². The number of ether oxygens (including phenoxy) is 5. The third kappa shape index (κ3) is 7.08. The maximum absolute atomic E-state index is 13.9. The van der Waals surface area contributed by atoms with Crippen LogP contribution in [0.3, 0.4) is 0 Å². The molecular formula is C36H43N3O8. The third-order valence-corrected chi connectivity index (χ3v) is 8.79. The second kappa shape index (κ2) is 14.7. The highest BCUT2D eigenvalue weighted by Gasteiger charge is 2.31. The van der Waals surface area contributed by atoms with Crippen molar-refractivity contribution in [3.05, 3.63) is 69.9 Å². The van der Waals surface area contributed by atoms with Crippen molar-refractivity contribution in [2.24, 2.45) is 5.92 Å². The van der Waals surface area contributed by atoms with Crippen molar-refractivity contribution in [2.45, 2.75) is 58.2 Å². The second-order valence-electron chi connectivity index (χ2n) is 11.8. The van der Waals surface area contributed by atoms with E-state index in [1.165, 1.54) is 6.92 Å². The van der Waals surface area contributed by atoms with Crippen molar-refractivity contribution in [3.63, 3.8) is 0 Å². The number of methoxy groups -OCH3 is 3. The number of carbonyl (C=O) groups excluding carboxylic acids is 2. The molecule has 0 fully saturated rings. The van der Waals surface area contributed by atoms with E-state index in [0.717, 1.165) is 11.1 Å². The van der Waals surface area contributed by atoms with Gasteiger partial charge in [-0.1, -0.05) is 38.5 Å². The number of benzene rings is 2. The zero-order valence-electron chi connectivity index (χ0n) is 27.7. The molecule has 11 heteroatoms. The monoisotopic (exact) mass is 645 g/mol. The van der Waals surface area contributed by atoms with E-state index in [1.54, 1.807) is 33.5 Å². The molecule has 11 nitrogen and oxygen atoms in total. The molecule has 3 aromatic rings. The van der Waals surface area contributed by atoms with Gasteiger partial charge < -0.3 is 39.6 Å². The Morgan fingerprint density at radius 3 is 2.43 bits per heavy atom. The average molecular weight is 646 g/mol. The molecule has 0 unspecified atom stereocenters. The number of fused-ring (bicyclic) bond motifs is 4. The number of carbonyl (C=O) groups is 2. The quantitative estimate of drug-likeness (QED) is 0.273. The topological polar surface area (TPSA) is 133 Å². The van der Waals surface area contributed by atoms with E-state index in [4.69, 9.17) is 23.7 Å². The molecule has 0 saturated heterocycles. The van der Waals surface area contributed by atoms with E-state index < -0.39 is 12.1 Å². The Kier molecular flexibility index (Phi) is 10.4. The molecule has 250 valence electrons. The fraction of sp³-hybridized carbons (Fsp3) is 0.417. The molecule has 0 spiro atoms. The number of aryl methyl sites for hydroxylation is 1. The summed E-state index contributed by atoms with van der Waals surface area (Å²) in [6.07, 6.45) is 1.47. The van der Waals surface area contributed by atoms with Gasteiger partial charge in [0.15, 0.2) is 23.0 Å². The van der Waals surface area contributed by atoms with Crippen LogP contribution in [0.2, 0.25) is 0 Å². The SMILES string of the molecule is CC[C@@H](C)[C@H](Nc1ccc2c(cc1=O)[C@@H](NC(C)=O)CCc1cc(OC)c(OC)c(OC)c1-2)C(=O)NC[C@H]1COc2ccccc2O1. The van der Waals surface area contributed by atoms with E-state index in [9.17, 15) is 14.4 Å². The highest BCUT2D eigenvalue weighted by Crippen LogP contribution is 2.50. The number of anilines is 1. The van der Waals surface area contributed by atoms with E-state index in [-0.39, 0.29) is 41.5 Å². The first-order valence-electron chi connectivity index (χ1n) is 15.9. The molecule has 0 saturated carbocycles. The minimum atomic E-state index is -0.705. The summed E-state index contributed by atoms with van der Waals surface area (Å²) in [5.74, 6) is 2.14. The van der Waals surface area contributed by atoms with Crippen LogP contribution in [0.25, 0.3) is 11.1 Å². The Balaban J connectivity index is 1.50. The average Bonchev–Trinajstić information content (AvgIpc) is 3.32. The smallest absolute Gasteiger partial charge is 0.242 e. The second-order valence-corrected chi connectivity index (χ2v) is 11.8. The minimum Gasteiger partial charge on any atom is -0.493 e. The summed E-state index contributed by atoms with van der Waals surface area (Å²) in [4.78, 5) is 39.8. The van der Waals surface area contributed by atoms with Gasteiger partial charge >= 0.3 is 0 Å². The molecule has 0 radical (unpaired) electrons. The lowest BCUT2D eigenvalue weighted by Gasteiger charge is -2.28. The molecule has 47 heavy (non-hydrogen) atoms. The molecule has 2 aliphatic rings. The van der Waals surface area contributed by atoms with Gasteiger partial charge in [-0.25, -0.2) is 0 Å². The van der Waals surface area contributed by atoms with Crippen molar-refractivity contribution in [3.8, 4) is 39.9 Å². The zero-order valence-corrected chi connectivity index (χ0v) is 27.7. The fourth-order valence-electron chi connectivity index (χ4n) is 6.18. The molecule has 3 aromatic carbocycles. The summed E-state index contributed by atoms with van der Waals surface area (Å²) in [7, 11) is 4.66. The lowest BCUT2D eigenvalue weighted by atomic mass is 9.95. The number of hydrogen-bond acceptors (Lipinski definition) is 9. The largest absolute Gasteiger partial charge is 0.493 e. The Morgan fingerprint density at radius 2 is 1.74 bits per heavy atom. The Labute approximate surface area is 274 Å². The van der Waals surface area contributed by atoms with Crippen LogP contribution in [-0.2, 0) is 16.0 Å². The molecule has 5 rings (SSSR count). The van der Waals surface area contributed by atoms with Crippen molar-refractivity contribution < 1.29 is 33.3 Å². The number of rotatable bonds is 11. The summed E-state index contributed by atoms with van der Waals surface area (Å²) in [6.45, 7) is 5.96. The predicted octanol–water partition coefficient (Wildman–Crippen LogP) is 4.65. The lowest BCUT2D eigenvalue weighted by molar-refractivity contribution is -0.123. The van der Waals surface area contributed by atoms with Gasteiger partial charge in [-0.2, -0.15) is 0 Å². The van der Waals surface area contributed by atoms with Crippen LogP contribution in [0.4, 0.5) is 5.69 Å². The Bertz CT molecular complexity index is 1690. The molecule has 1 aliphatic heterocycles. The van der Waals surface area contributed by atoms with E-state index in [2.05, 4.69) is 16.0 Å². The molecule has 0 bridgehead atoms. The maximum atomic E-state index is 13.9. The zero-order chi connectivity index (χ0) is 33.7. The standard InChI is InChI=1S/C36H43N3O8/c1-7-20(2)33(36(42)37-18-23-19-46-29-10-8-9-11-30(29)47-23)39-27-15-13-24-25(17-28(27)41)26(38-21(3)40)14-12-22-16-31(43-4)34(44-5)35(45-6)32(22)24/h8-11,13,15-17,20,23,26,33H,7,12,14,18-19H2,1-6H3,(H,37,42)(H,38,40)(H,39,41)/t20-,23+,26+,33+/m1/s1. The fourth-order valence-corrected chi connectivity index (χ4v) is 6.18. The maximum Gasteiger partial charge on any atom is 0.242 e. The summed E-state index contributed by atoms with van der Waals surface area (Å²) >= 11 is 0. The summed E-state index contributed by atoms with van der Waals surface area (Å²) < 4.78 is 29.0. The van der Waals surface area contributed by atoms with Crippen LogP contribution in [0, 0.1) is 5.92 Å². The van der Waals surface area contributed by atoms with Gasteiger partial charge in [0.2, 0.25) is 23.0 Å². The summed E-state index contributed by atoms with van der Waals surface area (Å²) in [5, 5.41) is 9.26. The molecule has 1 aliphatic carbocycles. The first kappa shape index (κ1) is 33.4. The van der Waals surface area contributed by atoms with Gasteiger partial charge in [-0.15, -0.1) is 0 Å². The van der Waals surface area contributed by atoms with E-state index in [0.29, 0.717) is 65.7 Å². The predicted molar refractivity (Wildman–Crippen MR) is 179 cm³/mol. The first-order valence-corrected chi connectivity index (χ1v) is 15.9. The van der Waals surface area contributed by atoms with Crippen molar-refractivity contribution in [2.75, 3.05) is 39.8 Å². The van der Waals surface area contributed by atoms with E-state index in [1.807, 2.05) is 50.2 Å². The van der Waals surface area contributed by atoms with Gasteiger partial charge in [0.1, 0.15) is 18.8 Å². The van der Waals surface area contributed by atoms with Gasteiger partial charge in [0.25, 0.3) is 0 Å². The highest BCUT2D eigenvalue weighted by atomic mass is 16.6. The van der Waals surface area contributed by atoms with Crippen LogP contribution < -0.4 is 45.1 Å². The van der Waals surface area contributed by atoms with Crippen molar-refractivity contribution in [1.82, 2.24) is 10.6 Å². The normalized spacial score (nSPS) is 17.5. The number of hydrogen-bond donors (Lipinski definition) is 3. The van der Waals surface area contributed by atoms with Gasteiger partial charge in [-0.05, 0) is 65.8 Å². The summed E-state index contributed by atoms with van der Waals surface area (Å²) in [6, 6.07) is 13.2. The minimum absolute atomic E-state index is 0.105. The lowest BCUT2D eigenvalue weighted by Crippen LogP contribution is -2.48. The Morgan fingerprint density at radius 1 is 1.00 bits per heavy atom. The third-order valence-electron chi connectivity index (χ3n) is 8.79. The summed E-state index contributed by atoms with van der Waals surface area (Å²) in [5.41, 5.74) is 2.97. The molecule has 0 aromatic heterocycles. The number of para-hydroxylation sites is 2. The van der Waals surface area contributed by atoms with E-state index >= 15 is 0 Å². The first-order chi connectivity index (χ1) is 22.7. The van der Waals surface area contributed by atoms with Gasteiger partial charge in [0.05, 0.1) is 39.6 Å². The molecule has 4 atom stereocenters. The van der Waals surface area contributed by atoms with Crippen LogP contribution >= 0.6 is 0 Å². The number of nitrogens with one attached hydrogen (secondary N) is 3. The van der Waals surface area contributed by atoms with Crippen LogP contribution in [0.15, 0.2) is 53.3 Å². The van der Waals surface area contributed by atoms with Crippen molar-refractivity contribution in [1.29, 1.82) is 0 Å². The highest BCUT2D eigenvalue weighted by molar-refractivity contribution is 5.86. The van der Waals surface area contributed by atoms with Crippen LogP contribution in [0.1, 0.15) is 50.8 Å². The molecule has 2 amide bonds. The molecule has 1 heterocycles. The molecular weight excluding hydrogens is 602 g/mol. The van der Waals surface area contributed by atoms with Crippen molar-refractivity contribution >= 4 is 17.5 Å². The number of amides is 2. The Hall–Kier alpha value is -4.93. The van der Waals surface area contributed by atoms with Gasteiger partial charge in [0, 0.05) is 12.5 Å².